The van der Waals surface area contributed by atoms with Crippen molar-refractivity contribution in [3.05, 3.63) is 28.2 Å². The Bertz CT molecular complexity index is 352. The first-order valence-corrected chi connectivity index (χ1v) is 6.14. The zero-order chi connectivity index (χ0) is 11.3. The highest BCUT2D eigenvalue weighted by molar-refractivity contribution is 9.10. The monoisotopic (exact) mass is 286 g/mol. The van der Waals surface area contributed by atoms with E-state index in [-0.39, 0.29) is 0 Å². The predicted octanol–water partition coefficient (Wildman–Crippen LogP) is 3.45. The van der Waals surface area contributed by atoms with E-state index in [1.165, 1.54) is 5.56 Å². The molecule has 0 aromatic heterocycles. The van der Waals surface area contributed by atoms with Gasteiger partial charge in [0, 0.05) is 16.7 Å². The first kappa shape index (κ1) is 12.5. The van der Waals surface area contributed by atoms with Crippen LogP contribution in [0, 0.1) is 6.92 Å². The maximum Gasteiger partial charge on any atom is 0.170 e. The number of thiocarbonyl (C=S) groups is 1. The van der Waals surface area contributed by atoms with Gasteiger partial charge in [-0.2, -0.15) is 0 Å². The van der Waals surface area contributed by atoms with Crippen molar-refractivity contribution in [3.63, 3.8) is 0 Å². The summed E-state index contributed by atoms with van der Waals surface area (Å²) >= 11 is 8.60. The Morgan fingerprint density at radius 1 is 1.47 bits per heavy atom. The van der Waals surface area contributed by atoms with Crippen molar-refractivity contribution in [1.29, 1.82) is 0 Å². The van der Waals surface area contributed by atoms with Gasteiger partial charge < -0.3 is 10.6 Å². The lowest BCUT2D eigenvalue weighted by molar-refractivity contribution is 0.846. The smallest absolute Gasteiger partial charge is 0.170 e. The van der Waals surface area contributed by atoms with Gasteiger partial charge in [0.05, 0.1) is 0 Å². The molecule has 15 heavy (non-hydrogen) atoms. The highest BCUT2D eigenvalue weighted by Gasteiger charge is 2.00. The average Bonchev–Trinajstić information content (AvgIpc) is 2.20. The molecule has 2 N–H and O–H groups in total. The third-order valence-corrected chi connectivity index (χ3v) is 2.72. The molecule has 0 radical (unpaired) electrons. The van der Waals surface area contributed by atoms with E-state index >= 15 is 0 Å². The van der Waals surface area contributed by atoms with Crippen LogP contribution in [0.1, 0.15) is 18.9 Å². The van der Waals surface area contributed by atoms with Gasteiger partial charge in [0.25, 0.3) is 0 Å². The number of rotatable bonds is 3. The summed E-state index contributed by atoms with van der Waals surface area (Å²) in [6.07, 6.45) is 1.07. The molecule has 0 heterocycles. The summed E-state index contributed by atoms with van der Waals surface area (Å²) in [6.45, 7) is 5.07. The molecule has 1 rings (SSSR count). The lowest BCUT2D eigenvalue weighted by Gasteiger charge is -2.12. The number of aryl methyl sites for hydroxylation is 1. The predicted molar refractivity (Wildman–Crippen MR) is 73.4 cm³/mol. The van der Waals surface area contributed by atoms with E-state index in [1.807, 2.05) is 12.1 Å². The van der Waals surface area contributed by atoms with Gasteiger partial charge >= 0.3 is 0 Å². The topological polar surface area (TPSA) is 24.1 Å². The molecule has 0 aliphatic heterocycles. The third-order valence-electron chi connectivity index (χ3n) is 1.98. The Morgan fingerprint density at radius 2 is 2.20 bits per heavy atom. The molecule has 1 aromatic carbocycles. The van der Waals surface area contributed by atoms with Crippen molar-refractivity contribution < 1.29 is 0 Å². The van der Waals surface area contributed by atoms with Crippen LogP contribution in [0.3, 0.4) is 0 Å². The minimum absolute atomic E-state index is 0.679. The Labute approximate surface area is 105 Å². The molecule has 0 unspecified atom stereocenters. The van der Waals surface area contributed by atoms with E-state index in [4.69, 9.17) is 12.2 Å². The second-order valence-corrected chi connectivity index (χ2v) is 4.66. The number of hydrogen-bond donors (Lipinski definition) is 2. The summed E-state index contributed by atoms with van der Waals surface area (Å²) < 4.78 is 1.05. The molecule has 0 atom stereocenters. The molecule has 4 heteroatoms. The number of anilines is 1. The second kappa shape index (κ2) is 6.08. The number of halogens is 1. The lowest BCUT2D eigenvalue weighted by Crippen LogP contribution is -2.29. The van der Waals surface area contributed by atoms with Crippen LogP contribution in [0.2, 0.25) is 0 Å². The van der Waals surface area contributed by atoms with Gasteiger partial charge in [0.2, 0.25) is 0 Å². The van der Waals surface area contributed by atoms with E-state index in [9.17, 15) is 0 Å². The zero-order valence-corrected chi connectivity index (χ0v) is 11.3. The average molecular weight is 287 g/mol. The van der Waals surface area contributed by atoms with Gasteiger partial charge in [-0.3, -0.25) is 0 Å². The van der Waals surface area contributed by atoms with E-state index in [1.54, 1.807) is 0 Å². The summed E-state index contributed by atoms with van der Waals surface area (Å²) in [5, 5.41) is 6.99. The maximum absolute atomic E-state index is 5.17. The van der Waals surface area contributed by atoms with Crippen LogP contribution >= 0.6 is 28.1 Å². The van der Waals surface area contributed by atoms with Crippen molar-refractivity contribution in [3.8, 4) is 0 Å². The number of nitrogens with one attached hydrogen (secondary N) is 2. The molecule has 2 nitrogen and oxygen atoms in total. The van der Waals surface area contributed by atoms with Crippen molar-refractivity contribution in [2.45, 2.75) is 20.3 Å². The Balaban J connectivity index is 2.63. The minimum atomic E-state index is 0.679. The first-order chi connectivity index (χ1) is 7.13. The maximum atomic E-state index is 5.17. The number of hydrogen-bond acceptors (Lipinski definition) is 1. The van der Waals surface area contributed by atoms with Crippen LogP contribution < -0.4 is 10.6 Å². The van der Waals surface area contributed by atoms with Gasteiger partial charge in [0.15, 0.2) is 5.11 Å². The van der Waals surface area contributed by atoms with Crippen LogP contribution in [-0.2, 0) is 0 Å². The fraction of sp³-hybridized carbons (Fsp3) is 0.364. The normalized spacial score (nSPS) is 9.80. The van der Waals surface area contributed by atoms with Crippen LogP contribution in [-0.4, -0.2) is 11.7 Å². The Hall–Kier alpha value is -0.610. The summed E-state index contributed by atoms with van der Waals surface area (Å²) in [5.41, 5.74) is 2.22. The fourth-order valence-corrected chi connectivity index (χ4v) is 1.71. The van der Waals surface area contributed by atoms with Crippen LogP contribution in [0.4, 0.5) is 5.69 Å². The van der Waals surface area contributed by atoms with Crippen molar-refractivity contribution in [2.24, 2.45) is 0 Å². The van der Waals surface area contributed by atoms with Gasteiger partial charge in [0.1, 0.15) is 0 Å². The van der Waals surface area contributed by atoms with E-state index in [2.05, 4.69) is 46.5 Å². The molecule has 0 aliphatic rings. The molecule has 0 fully saturated rings. The van der Waals surface area contributed by atoms with E-state index < -0.39 is 0 Å². The highest BCUT2D eigenvalue weighted by atomic mass is 79.9. The molecule has 0 spiro atoms. The van der Waals surface area contributed by atoms with Gasteiger partial charge in [-0.25, -0.2) is 0 Å². The molecular weight excluding hydrogens is 272 g/mol. The first-order valence-electron chi connectivity index (χ1n) is 4.94. The molecule has 0 amide bonds. The quantitative estimate of drug-likeness (QED) is 0.833. The van der Waals surface area contributed by atoms with E-state index in [0.717, 1.165) is 23.1 Å². The van der Waals surface area contributed by atoms with Crippen molar-refractivity contribution in [1.82, 2.24) is 5.32 Å². The molecule has 1 aromatic rings. The summed E-state index contributed by atoms with van der Waals surface area (Å²) in [7, 11) is 0. The fourth-order valence-electron chi connectivity index (χ4n) is 1.13. The molecule has 82 valence electrons. The van der Waals surface area contributed by atoms with Crippen LogP contribution in [0.5, 0.6) is 0 Å². The molecule has 0 saturated heterocycles. The summed E-state index contributed by atoms with van der Waals surface area (Å²) in [5.74, 6) is 0. The lowest BCUT2D eigenvalue weighted by atomic mass is 10.2. The Morgan fingerprint density at radius 3 is 2.87 bits per heavy atom. The molecule has 0 aliphatic carbocycles. The van der Waals surface area contributed by atoms with Gasteiger partial charge in [-0.05, 0) is 43.3 Å². The highest BCUT2D eigenvalue weighted by Crippen LogP contribution is 2.20. The van der Waals surface area contributed by atoms with Crippen LogP contribution in [0.15, 0.2) is 22.7 Å². The Kier molecular flexibility index (Phi) is 5.05. The van der Waals surface area contributed by atoms with Gasteiger partial charge in [-0.15, -0.1) is 0 Å². The largest absolute Gasteiger partial charge is 0.362 e. The summed E-state index contributed by atoms with van der Waals surface area (Å²) in [6, 6.07) is 6.09. The zero-order valence-electron chi connectivity index (χ0n) is 8.93. The number of benzene rings is 1. The van der Waals surface area contributed by atoms with Gasteiger partial charge in [-0.1, -0.05) is 28.9 Å². The SMILES string of the molecule is CCCNC(=S)Nc1cc(Br)ccc1C. The minimum Gasteiger partial charge on any atom is -0.362 e. The van der Waals surface area contributed by atoms with Crippen molar-refractivity contribution in [2.75, 3.05) is 11.9 Å². The summed E-state index contributed by atoms with van der Waals surface area (Å²) in [4.78, 5) is 0. The van der Waals surface area contributed by atoms with E-state index in [0.29, 0.717) is 5.11 Å². The standard InChI is InChI=1S/C11H15BrN2S/c1-3-6-13-11(15)14-10-7-9(12)5-4-8(10)2/h4-5,7H,3,6H2,1-2H3,(H2,13,14,15). The molecular formula is C11H15BrN2S. The van der Waals surface area contributed by atoms with Crippen LogP contribution in [0.25, 0.3) is 0 Å². The van der Waals surface area contributed by atoms with Crippen molar-refractivity contribution >= 4 is 38.9 Å². The molecule has 0 saturated carbocycles. The second-order valence-electron chi connectivity index (χ2n) is 3.34. The molecule has 0 bridgehead atoms. The third kappa shape index (κ3) is 4.18.